The van der Waals surface area contributed by atoms with Crippen molar-refractivity contribution >= 4 is 5.91 Å². The molecule has 0 aliphatic carbocycles. The lowest BCUT2D eigenvalue weighted by molar-refractivity contribution is -0.147. The maximum atomic E-state index is 12.0. The first-order chi connectivity index (χ1) is 7.93. The highest BCUT2D eigenvalue weighted by Gasteiger charge is 2.28. The van der Waals surface area contributed by atoms with Gasteiger partial charge < -0.3 is 20.5 Å². The lowest BCUT2D eigenvalue weighted by Crippen LogP contribution is -2.51. The first-order valence-corrected chi connectivity index (χ1v) is 6.23. The molecule has 3 N–H and O–H groups in total. The Morgan fingerprint density at radius 3 is 2.71 bits per heavy atom. The molecular weight excluding hydrogens is 220 g/mol. The van der Waals surface area contributed by atoms with Crippen molar-refractivity contribution in [1.29, 1.82) is 0 Å². The van der Waals surface area contributed by atoms with Gasteiger partial charge in [-0.1, -0.05) is 13.8 Å². The third-order valence-electron chi connectivity index (χ3n) is 3.15. The lowest BCUT2D eigenvalue weighted by Gasteiger charge is -2.36. The van der Waals surface area contributed by atoms with Crippen LogP contribution in [0.15, 0.2) is 0 Å². The normalized spacial score (nSPS) is 27.3. The van der Waals surface area contributed by atoms with Crippen LogP contribution < -0.4 is 5.73 Å². The number of ether oxygens (including phenoxy) is 1. The van der Waals surface area contributed by atoms with E-state index in [1.165, 1.54) is 0 Å². The van der Waals surface area contributed by atoms with E-state index in [0.29, 0.717) is 25.4 Å². The Labute approximate surface area is 103 Å². The van der Waals surface area contributed by atoms with Gasteiger partial charge in [0, 0.05) is 25.6 Å². The summed E-state index contributed by atoms with van der Waals surface area (Å²) in [7, 11) is 0. The second kappa shape index (κ2) is 6.33. The van der Waals surface area contributed by atoms with Gasteiger partial charge in [0.25, 0.3) is 0 Å². The fraction of sp³-hybridized carbons (Fsp3) is 0.917. The molecule has 1 aliphatic heterocycles. The zero-order chi connectivity index (χ0) is 13.0. The van der Waals surface area contributed by atoms with Crippen LogP contribution in [0.2, 0.25) is 0 Å². The lowest BCUT2D eigenvalue weighted by atomic mass is 10.0. The van der Waals surface area contributed by atoms with E-state index < -0.39 is 0 Å². The Morgan fingerprint density at radius 1 is 1.53 bits per heavy atom. The minimum absolute atomic E-state index is 0.0277. The number of amides is 1. The third-order valence-corrected chi connectivity index (χ3v) is 3.15. The summed E-state index contributed by atoms with van der Waals surface area (Å²) in [6.45, 7) is 6.92. The Bertz CT molecular complexity index is 258. The molecule has 3 unspecified atom stereocenters. The topological polar surface area (TPSA) is 75.8 Å². The molecule has 100 valence electrons. The fourth-order valence-electron chi connectivity index (χ4n) is 1.92. The number of hydrogen-bond acceptors (Lipinski definition) is 4. The zero-order valence-electron chi connectivity index (χ0n) is 10.9. The molecule has 0 spiro atoms. The standard InChI is InChI=1S/C12H24N2O3/c1-8(2)11(13)4-12(16)14-5-9(3)17-10(6-14)7-15/h8-11,15H,4-7,13H2,1-3H3. The number of hydrogen-bond donors (Lipinski definition) is 2. The van der Waals surface area contributed by atoms with Crippen LogP contribution in [-0.2, 0) is 9.53 Å². The molecule has 1 aliphatic rings. The molecule has 5 nitrogen and oxygen atoms in total. The van der Waals surface area contributed by atoms with Crippen LogP contribution in [0.3, 0.4) is 0 Å². The minimum atomic E-state index is -0.266. The molecule has 0 aromatic carbocycles. The number of rotatable bonds is 4. The average Bonchev–Trinajstić information content (AvgIpc) is 2.27. The number of nitrogens with two attached hydrogens (primary N) is 1. The van der Waals surface area contributed by atoms with E-state index in [1.54, 1.807) is 4.90 Å². The summed E-state index contributed by atoms with van der Waals surface area (Å²) < 4.78 is 5.49. The third kappa shape index (κ3) is 4.26. The molecule has 1 rings (SSSR count). The highest BCUT2D eigenvalue weighted by atomic mass is 16.5. The van der Waals surface area contributed by atoms with Gasteiger partial charge in [-0.05, 0) is 12.8 Å². The molecule has 17 heavy (non-hydrogen) atoms. The Balaban J connectivity index is 2.50. The molecule has 1 heterocycles. The van der Waals surface area contributed by atoms with Gasteiger partial charge in [-0.15, -0.1) is 0 Å². The van der Waals surface area contributed by atoms with E-state index in [9.17, 15) is 4.79 Å². The van der Waals surface area contributed by atoms with Crippen molar-refractivity contribution < 1.29 is 14.6 Å². The van der Waals surface area contributed by atoms with Crippen molar-refractivity contribution in [3.8, 4) is 0 Å². The van der Waals surface area contributed by atoms with Crippen molar-refractivity contribution in [3.63, 3.8) is 0 Å². The number of nitrogens with zero attached hydrogens (tertiary/aromatic N) is 1. The number of aliphatic hydroxyl groups is 1. The van der Waals surface area contributed by atoms with E-state index in [1.807, 2.05) is 20.8 Å². The second-order valence-corrected chi connectivity index (χ2v) is 5.16. The van der Waals surface area contributed by atoms with Crippen molar-refractivity contribution in [2.45, 2.75) is 45.4 Å². The van der Waals surface area contributed by atoms with E-state index >= 15 is 0 Å². The molecular formula is C12H24N2O3. The van der Waals surface area contributed by atoms with Gasteiger partial charge in [-0.3, -0.25) is 4.79 Å². The number of aliphatic hydroxyl groups excluding tert-OH is 1. The van der Waals surface area contributed by atoms with Gasteiger partial charge in [0.2, 0.25) is 5.91 Å². The van der Waals surface area contributed by atoms with Gasteiger partial charge >= 0.3 is 0 Å². The zero-order valence-corrected chi connectivity index (χ0v) is 10.9. The van der Waals surface area contributed by atoms with Crippen LogP contribution in [0.5, 0.6) is 0 Å². The quantitative estimate of drug-likeness (QED) is 0.728. The van der Waals surface area contributed by atoms with Crippen LogP contribution in [-0.4, -0.2) is 53.9 Å². The molecule has 1 saturated heterocycles. The highest BCUT2D eigenvalue weighted by molar-refractivity contribution is 5.77. The van der Waals surface area contributed by atoms with Crippen LogP contribution in [0.4, 0.5) is 0 Å². The predicted octanol–water partition coefficient (Wildman–Crippen LogP) is -0.0320. The monoisotopic (exact) mass is 244 g/mol. The Kier molecular flexibility index (Phi) is 5.36. The summed E-state index contributed by atoms with van der Waals surface area (Å²) in [5.74, 6) is 0.353. The van der Waals surface area contributed by atoms with Gasteiger partial charge in [0.15, 0.2) is 0 Å². The van der Waals surface area contributed by atoms with E-state index in [4.69, 9.17) is 15.6 Å². The minimum Gasteiger partial charge on any atom is -0.394 e. The van der Waals surface area contributed by atoms with Crippen LogP contribution in [0.1, 0.15) is 27.2 Å². The van der Waals surface area contributed by atoms with Crippen LogP contribution in [0, 0.1) is 5.92 Å². The van der Waals surface area contributed by atoms with E-state index in [0.717, 1.165) is 0 Å². The molecule has 5 heteroatoms. The fourth-order valence-corrected chi connectivity index (χ4v) is 1.92. The van der Waals surface area contributed by atoms with Crippen LogP contribution >= 0.6 is 0 Å². The number of carbonyl (C=O) groups is 1. The largest absolute Gasteiger partial charge is 0.394 e. The van der Waals surface area contributed by atoms with Crippen molar-refractivity contribution in [2.24, 2.45) is 11.7 Å². The molecule has 0 aromatic rings. The van der Waals surface area contributed by atoms with Gasteiger partial charge in [0.1, 0.15) is 0 Å². The molecule has 0 radical (unpaired) electrons. The number of carbonyl (C=O) groups excluding carboxylic acids is 1. The Hall–Kier alpha value is -0.650. The van der Waals surface area contributed by atoms with Crippen LogP contribution in [0.25, 0.3) is 0 Å². The van der Waals surface area contributed by atoms with Gasteiger partial charge in [-0.25, -0.2) is 0 Å². The molecule has 1 fully saturated rings. The first-order valence-electron chi connectivity index (χ1n) is 6.23. The predicted molar refractivity (Wildman–Crippen MR) is 65.4 cm³/mol. The maximum Gasteiger partial charge on any atom is 0.224 e. The van der Waals surface area contributed by atoms with Crippen molar-refractivity contribution in [2.75, 3.05) is 19.7 Å². The SMILES string of the molecule is CC1CN(C(=O)CC(N)C(C)C)CC(CO)O1. The summed E-state index contributed by atoms with van der Waals surface area (Å²) in [6.07, 6.45) is 0.0702. The van der Waals surface area contributed by atoms with Gasteiger partial charge in [0.05, 0.1) is 18.8 Å². The molecule has 0 saturated carbocycles. The molecule has 1 amide bonds. The molecule has 0 bridgehead atoms. The first kappa shape index (κ1) is 14.4. The van der Waals surface area contributed by atoms with Crippen molar-refractivity contribution in [1.82, 2.24) is 4.90 Å². The van der Waals surface area contributed by atoms with E-state index in [-0.39, 0.29) is 30.8 Å². The van der Waals surface area contributed by atoms with Crippen molar-refractivity contribution in [3.05, 3.63) is 0 Å². The Morgan fingerprint density at radius 2 is 2.18 bits per heavy atom. The summed E-state index contributed by atoms with van der Waals surface area (Å²) in [5.41, 5.74) is 5.90. The highest BCUT2D eigenvalue weighted by Crippen LogP contribution is 2.13. The smallest absolute Gasteiger partial charge is 0.224 e. The maximum absolute atomic E-state index is 12.0. The van der Waals surface area contributed by atoms with E-state index in [2.05, 4.69) is 0 Å². The van der Waals surface area contributed by atoms with Gasteiger partial charge in [-0.2, -0.15) is 0 Å². The molecule has 3 atom stereocenters. The average molecular weight is 244 g/mol. The number of morpholine rings is 1. The molecule has 0 aromatic heterocycles. The summed E-state index contributed by atoms with van der Waals surface area (Å²) in [4.78, 5) is 13.8. The second-order valence-electron chi connectivity index (χ2n) is 5.16. The summed E-state index contributed by atoms with van der Waals surface area (Å²) in [6, 6.07) is -0.103. The summed E-state index contributed by atoms with van der Waals surface area (Å²) in [5, 5.41) is 9.09. The summed E-state index contributed by atoms with van der Waals surface area (Å²) >= 11 is 0.